The molecule has 0 bridgehead atoms. The molecular weight excluding hydrogens is 224 g/mol. The number of rotatable bonds is 2. The van der Waals surface area contributed by atoms with Gasteiger partial charge in [0.2, 0.25) is 5.91 Å². The van der Waals surface area contributed by atoms with E-state index in [0.717, 1.165) is 10.9 Å². The summed E-state index contributed by atoms with van der Waals surface area (Å²) >= 11 is 5.70. The van der Waals surface area contributed by atoms with E-state index >= 15 is 0 Å². The number of alkyl halides is 1. The van der Waals surface area contributed by atoms with Crippen molar-refractivity contribution in [1.29, 1.82) is 0 Å². The summed E-state index contributed by atoms with van der Waals surface area (Å²) < 4.78 is 0. The maximum atomic E-state index is 11.5. The molecule has 16 heavy (non-hydrogen) atoms. The second-order valence-electron chi connectivity index (χ2n) is 3.49. The summed E-state index contributed by atoms with van der Waals surface area (Å²) in [6.45, 7) is 1.63. The van der Waals surface area contributed by atoms with Crippen molar-refractivity contribution in [1.82, 2.24) is 4.98 Å². The van der Waals surface area contributed by atoms with Gasteiger partial charge in [-0.25, -0.2) is 0 Å². The number of anilines is 1. The van der Waals surface area contributed by atoms with Crippen LogP contribution in [0, 0.1) is 0 Å². The van der Waals surface area contributed by atoms with Gasteiger partial charge in [0.25, 0.3) is 0 Å². The van der Waals surface area contributed by atoms with Crippen molar-refractivity contribution in [2.45, 2.75) is 12.3 Å². The number of carbonyl (C=O) groups excluding carboxylic acids is 1. The predicted molar refractivity (Wildman–Crippen MR) is 65.7 cm³/mol. The Hall–Kier alpha value is -1.61. The van der Waals surface area contributed by atoms with Gasteiger partial charge >= 0.3 is 0 Å². The minimum Gasteiger partial charge on any atom is -0.323 e. The zero-order chi connectivity index (χ0) is 11.5. The number of hydrogen-bond donors (Lipinski definition) is 1. The van der Waals surface area contributed by atoms with Gasteiger partial charge in [0, 0.05) is 11.6 Å². The summed E-state index contributed by atoms with van der Waals surface area (Å²) in [5, 5.41) is 3.18. The molecular formula is C12H11ClN2O. The number of halogens is 1. The highest BCUT2D eigenvalue weighted by Crippen LogP contribution is 2.20. The Bertz CT molecular complexity index is 520. The van der Waals surface area contributed by atoms with Crippen molar-refractivity contribution in [3.63, 3.8) is 0 Å². The zero-order valence-corrected chi connectivity index (χ0v) is 9.53. The lowest BCUT2D eigenvalue weighted by molar-refractivity contribution is -0.115. The van der Waals surface area contributed by atoms with Gasteiger partial charge < -0.3 is 5.32 Å². The zero-order valence-electron chi connectivity index (χ0n) is 8.77. The molecule has 4 heteroatoms. The maximum absolute atomic E-state index is 11.5. The number of nitrogens with zero attached hydrogens (tertiary/aromatic N) is 1. The molecule has 0 saturated heterocycles. The molecule has 1 unspecified atom stereocenters. The minimum atomic E-state index is -0.557. The molecule has 0 fully saturated rings. The van der Waals surface area contributed by atoms with E-state index in [1.807, 2.05) is 30.3 Å². The molecule has 2 rings (SSSR count). The summed E-state index contributed by atoms with van der Waals surface area (Å²) in [5.41, 5.74) is 1.46. The van der Waals surface area contributed by atoms with Gasteiger partial charge in [-0.1, -0.05) is 18.2 Å². The van der Waals surface area contributed by atoms with Crippen LogP contribution in [0.25, 0.3) is 10.9 Å². The SMILES string of the molecule is CC(Cl)C(=O)Nc1cccc2cccnc12. The molecule has 0 aliphatic carbocycles. The summed E-state index contributed by atoms with van der Waals surface area (Å²) in [5.74, 6) is -0.222. The topological polar surface area (TPSA) is 42.0 Å². The summed E-state index contributed by atoms with van der Waals surface area (Å²) in [6.07, 6.45) is 1.70. The molecule has 1 amide bonds. The highest BCUT2D eigenvalue weighted by atomic mass is 35.5. The molecule has 3 nitrogen and oxygen atoms in total. The number of hydrogen-bond acceptors (Lipinski definition) is 2. The molecule has 82 valence electrons. The van der Waals surface area contributed by atoms with E-state index in [2.05, 4.69) is 10.3 Å². The molecule has 0 saturated carbocycles. The van der Waals surface area contributed by atoms with Crippen LogP contribution in [0.5, 0.6) is 0 Å². The van der Waals surface area contributed by atoms with Crippen LogP contribution in [0.15, 0.2) is 36.5 Å². The Balaban J connectivity index is 2.41. The van der Waals surface area contributed by atoms with Gasteiger partial charge in [0.1, 0.15) is 5.38 Å². The average Bonchev–Trinajstić information content (AvgIpc) is 2.29. The third-order valence-corrected chi connectivity index (χ3v) is 2.45. The van der Waals surface area contributed by atoms with Crippen molar-refractivity contribution in [3.05, 3.63) is 36.5 Å². The van der Waals surface area contributed by atoms with Crippen molar-refractivity contribution >= 4 is 34.1 Å². The van der Waals surface area contributed by atoms with E-state index in [-0.39, 0.29) is 5.91 Å². The number of para-hydroxylation sites is 1. The lowest BCUT2D eigenvalue weighted by Crippen LogP contribution is -2.20. The number of fused-ring (bicyclic) bond motifs is 1. The third kappa shape index (κ3) is 2.14. The summed E-state index contributed by atoms with van der Waals surface area (Å²) in [7, 11) is 0. The normalized spacial score (nSPS) is 12.4. The number of benzene rings is 1. The highest BCUT2D eigenvalue weighted by Gasteiger charge is 2.10. The molecule has 0 aliphatic rings. The number of amides is 1. The number of carbonyl (C=O) groups is 1. The lowest BCUT2D eigenvalue weighted by atomic mass is 10.2. The summed E-state index contributed by atoms with van der Waals surface area (Å²) in [6, 6.07) is 9.44. The maximum Gasteiger partial charge on any atom is 0.242 e. The molecule has 1 N–H and O–H groups in total. The predicted octanol–water partition coefficient (Wildman–Crippen LogP) is 2.80. The summed E-state index contributed by atoms with van der Waals surface area (Å²) in [4.78, 5) is 15.7. The average molecular weight is 235 g/mol. The van der Waals surface area contributed by atoms with Crippen LogP contribution in [0.2, 0.25) is 0 Å². The van der Waals surface area contributed by atoms with Gasteiger partial charge in [-0.3, -0.25) is 9.78 Å². The van der Waals surface area contributed by atoms with Crippen molar-refractivity contribution < 1.29 is 4.79 Å². The fourth-order valence-electron chi connectivity index (χ4n) is 1.44. The van der Waals surface area contributed by atoms with Crippen molar-refractivity contribution in [2.75, 3.05) is 5.32 Å². The van der Waals surface area contributed by atoms with Crippen LogP contribution in [0.4, 0.5) is 5.69 Å². The van der Waals surface area contributed by atoms with Gasteiger partial charge in [-0.15, -0.1) is 11.6 Å². The number of nitrogens with one attached hydrogen (secondary N) is 1. The molecule has 1 aromatic heterocycles. The second kappa shape index (κ2) is 4.49. The van der Waals surface area contributed by atoms with Gasteiger partial charge in [-0.05, 0) is 19.1 Å². The Morgan fingerprint density at radius 1 is 1.38 bits per heavy atom. The van der Waals surface area contributed by atoms with Crippen molar-refractivity contribution in [3.8, 4) is 0 Å². The first-order chi connectivity index (χ1) is 7.68. The first-order valence-corrected chi connectivity index (χ1v) is 5.41. The fourth-order valence-corrected chi connectivity index (χ4v) is 1.49. The highest BCUT2D eigenvalue weighted by molar-refractivity contribution is 6.32. The fraction of sp³-hybridized carbons (Fsp3) is 0.167. The van der Waals surface area contributed by atoms with Gasteiger partial charge in [-0.2, -0.15) is 0 Å². The first-order valence-electron chi connectivity index (χ1n) is 4.97. The molecule has 2 aromatic rings. The molecule has 1 heterocycles. The number of aromatic nitrogens is 1. The van der Waals surface area contributed by atoms with E-state index in [4.69, 9.17) is 11.6 Å². The molecule has 0 radical (unpaired) electrons. The van der Waals surface area contributed by atoms with Crippen LogP contribution in [0.1, 0.15) is 6.92 Å². The van der Waals surface area contributed by atoms with Crippen LogP contribution < -0.4 is 5.32 Å². The number of pyridine rings is 1. The van der Waals surface area contributed by atoms with Crippen LogP contribution >= 0.6 is 11.6 Å². The third-order valence-electron chi connectivity index (χ3n) is 2.25. The van der Waals surface area contributed by atoms with Gasteiger partial charge in [0.05, 0.1) is 11.2 Å². The standard InChI is InChI=1S/C12H11ClN2O/c1-8(13)12(16)15-10-6-2-4-9-5-3-7-14-11(9)10/h2-8H,1H3,(H,15,16). The van der Waals surface area contributed by atoms with E-state index < -0.39 is 5.38 Å². The molecule has 1 atom stereocenters. The largest absolute Gasteiger partial charge is 0.323 e. The lowest BCUT2D eigenvalue weighted by Gasteiger charge is -2.08. The second-order valence-corrected chi connectivity index (χ2v) is 4.14. The quantitative estimate of drug-likeness (QED) is 0.812. The Kier molecular flexibility index (Phi) is 3.06. The Labute approximate surface area is 98.4 Å². The van der Waals surface area contributed by atoms with E-state index in [9.17, 15) is 4.79 Å². The molecule has 1 aromatic carbocycles. The smallest absolute Gasteiger partial charge is 0.242 e. The van der Waals surface area contributed by atoms with E-state index in [0.29, 0.717) is 5.69 Å². The van der Waals surface area contributed by atoms with Crippen LogP contribution in [-0.2, 0) is 4.79 Å². The Morgan fingerprint density at radius 3 is 2.88 bits per heavy atom. The van der Waals surface area contributed by atoms with Gasteiger partial charge in [0.15, 0.2) is 0 Å². The van der Waals surface area contributed by atoms with E-state index in [1.165, 1.54) is 0 Å². The molecule has 0 spiro atoms. The monoisotopic (exact) mass is 234 g/mol. The molecule has 0 aliphatic heterocycles. The van der Waals surface area contributed by atoms with E-state index in [1.54, 1.807) is 13.1 Å². The first kappa shape index (κ1) is 10.9. The Morgan fingerprint density at radius 2 is 2.12 bits per heavy atom. The van der Waals surface area contributed by atoms with Crippen LogP contribution in [-0.4, -0.2) is 16.3 Å². The minimum absolute atomic E-state index is 0.222. The van der Waals surface area contributed by atoms with Crippen LogP contribution in [0.3, 0.4) is 0 Å². The van der Waals surface area contributed by atoms with Crippen molar-refractivity contribution in [2.24, 2.45) is 0 Å².